The molecule has 0 radical (unpaired) electrons. The van der Waals surface area contributed by atoms with E-state index in [1.54, 1.807) is 18.3 Å². The number of carbonyl (C=O) groups is 3. The van der Waals surface area contributed by atoms with Crippen molar-refractivity contribution < 1.29 is 14.4 Å². The lowest BCUT2D eigenvalue weighted by Crippen LogP contribution is -2.44. The summed E-state index contributed by atoms with van der Waals surface area (Å²) in [6.07, 6.45) is 8.56. The van der Waals surface area contributed by atoms with Crippen molar-refractivity contribution in [3.05, 3.63) is 24.0 Å². The molecule has 2 aromatic rings. The molecular formula is C25H32N4O3. The van der Waals surface area contributed by atoms with Crippen LogP contribution in [0.25, 0.3) is 11.0 Å². The van der Waals surface area contributed by atoms with Crippen molar-refractivity contribution in [2.45, 2.75) is 84.3 Å². The molecule has 0 aromatic carbocycles. The van der Waals surface area contributed by atoms with Gasteiger partial charge in [0.25, 0.3) is 0 Å². The van der Waals surface area contributed by atoms with E-state index in [-0.39, 0.29) is 36.1 Å². The van der Waals surface area contributed by atoms with E-state index in [1.807, 2.05) is 4.90 Å². The normalized spacial score (nSPS) is 27.4. The van der Waals surface area contributed by atoms with Crippen molar-refractivity contribution in [3.8, 4) is 0 Å². The summed E-state index contributed by atoms with van der Waals surface area (Å²) < 4.78 is 1.52. The number of piperidine rings is 1. The predicted molar refractivity (Wildman–Crippen MR) is 120 cm³/mol. The molecule has 7 nitrogen and oxygen atoms in total. The lowest BCUT2D eigenvalue weighted by atomic mass is 9.93. The maximum Gasteiger partial charge on any atom is 0.245 e. The highest BCUT2D eigenvalue weighted by Crippen LogP contribution is 2.59. The van der Waals surface area contributed by atoms with Crippen LogP contribution < -0.4 is 0 Å². The Balaban J connectivity index is 1.29. The van der Waals surface area contributed by atoms with Gasteiger partial charge in [-0.1, -0.05) is 26.7 Å². The molecule has 5 rings (SSSR count). The molecular weight excluding hydrogens is 404 g/mol. The third kappa shape index (κ3) is 3.46. The predicted octanol–water partition coefficient (Wildman–Crippen LogP) is 3.80. The van der Waals surface area contributed by atoms with Crippen LogP contribution in [0.5, 0.6) is 0 Å². The van der Waals surface area contributed by atoms with Gasteiger partial charge in [-0.3, -0.25) is 14.4 Å². The van der Waals surface area contributed by atoms with Crippen LogP contribution in [0.4, 0.5) is 0 Å². The molecule has 170 valence electrons. The molecule has 32 heavy (non-hydrogen) atoms. The Morgan fingerprint density at radius 1 is 1.19 bits per heavy atom. The summed E-state index contributed by atoms with van der Waals surface area (Å²) >= 11 is 0. The van der Waals surface area contributed by atoms with Crippen LogP contribution in [-0.4, -0.2) is 49.2 Å². The molecule has 0 bridgehead atoms. The van der Waals surface area contributed by atoms with Crippen molar-refractivity contribution in [1.82, 2.24) is 19.7 Å². The lowest BCUT2D eigenvalue weighted by molar-refractivity contribution is -0.139. The van der Waals surface area contributed by atoms with Crippen LogP contribution in [0.1, 0.15) is 76.2 Å². The number of ketones is 2. The largest absolute Gasteiger partial charge is 0.328 e. The van der Waals surface area contributed by atoms with Crippen LogP contribution >= 0.6 is 0 Å². The third-order valence-corrected chi connectivity index (χ3v) is 8.40. The first kappa shape index (κ1) is 21.3. The Bertz CT molecular complexity index is 1090. The summed E-state index contributed by atoms with van der Waals surface area (Å²) in [5.41, 5.74) is 1.32. The number of hydrogen-bond acceptors (Lipinski definition) is 5. The SMILES string of the molecule is CCC1(CC)CC1CCC(=O)[C@@H]1C[C@H]2C[C@H]2N1C(=O)Cn1nc(C(C)=O)c2cccnc21. The van der Waals surface area contributed by atoms with Gasteiger partial charge in [-0.15, -0.1) is 0 Å². The second-order valence-electron chi connectivity index (χ2n) is 10.0. The van der Waals surface area contributed by atoms with Crippen molar-refractivity contribution in [3.63, 3.8) is 0 Å². The van der Waals surface area contributed by atoms with E-state index in [0.717, 1.165) is 19.3 Å². The van der Waals surface area contributed by atoms with Gasteiger partial charge >= 0.3 is 0 Å². The maximum absolute atomic E-state index is 13.3. The first-order valence-electron chi connectivity index (χ1n) is 12.0. The number of rotatable bonds is 9. The fourth-order valence-corrected chi connectivity index (χ4v) is 6.13. The number of nitrogens with zero attached hydrogens (tertiary/aromatic N) is 4. The molecule has 2 aliphatic carbocycles. The lowest BCUT2D eigenvalue weighted by Gasteiger charge is -2.27. The van der Waals surface area contributed by atoms with Gasteiger partial charge in [-0.05, 0) is 55.1 Å². The summed E-state index contributed by atoms with van der Waals surface area (Å²) in [7, 11) is 0. The standard InChI is InChI=1S/C25H32N4O3/c1-4-25(5-2)13-17(25)8-9-21(31)20-12-16-11-19(16)29(20)22(32)14-28-24-18(7-6-10-26-24)23(27-28)15(3)30/h6-7,10,16-17,19-20H,4-5,8-9,11-14H2,1-3H3/t16-,17?,19-,20+/m1/s1. The molecule has 1 amide bonds. The third-order valence-electron chi connectivity index (χ3n) is 8.40. The molecule has 3 heterocycles. The minimum atomic E-state index is -0.301. The number of likely N-dealkylation sites (tertiary alicyclic amines) is 1. The molecule has 0 spiro atoms. The van der Waals surface area contributed by atoms with Crippen molar-refractivity contribution in [1.29, 1.82) is 0 Å². The zero-order valence-electron chi connectivity index (χ0n) is 19.2. The van der Waals surface area contributed by atoms with Gasteiger partial charge in [-0.2, -0.15) is 5.10 Å². The van der Waals surface area contributed by atoms with Crippen LogP contribution in [0.15, 0.2) is 18.3 Å². The Morgan fingerprint density at radius 3 is 2.66 bits per heavy atom. The summed E-state index contributed by atoms with van der Waals surface area (Å²) in [4.78, 5) is 44.6. The maximum atomic E-state index is 13.3. The van der Waals surface area contributed by atoms with Gasteiger partial charge in [-0.25, -0.2) is 9.67 Å². The number of fused-ring (bicyclic) bond motifs is 2. The molecule has 0 N–H and O–H groups in total. The smallest absolute Gasteiger partial charge is 0.245 e. The van der Waals surface area contributed by atoms with Gasteiger partial charge in [0.2, 0.25) is 5.91 Å². The molecule has 3 fully saturated rings. The molecule has 3 aliphatic rings. The van der Waals surface area contributed by atoms with Gasteiger partial charge in [0.15, 0.2) is 17.2 Å². The number of amides is 1. The van der Waals surface area contributed by atoms with Crippen molar-refractivity contribution in [2.24, 2.45) is 17.3 Å². The van der Waals surface area contributed by atoms with Crippen molar-refractivity contribution in [2.75, 3.05) is 0 Å². The highest BCUT2D eigenvalue weighted by Gasteiger charge is 2.56. The summed E-state index contributed by atoms with van der Waals surface area (Å²) in [6, 6.07) is 3.45. The monoisotopic (exact) mass is 436 g/mol. The van der Waals surface area contributed by atoms with Gasteiger partial charge in [0.05, 0.1) is 11.4 Å². The highest BCUT2D eigenvalue weighted by atomic mass is 16.2. The minimum absolute atomic E-state index is 0.00516. The van der Waals surface area contributed by atoms with Crippen molar-refractivity contribution >= 4 is 28.5 Å². The highest BCUT2D eigenvalue weighted by molar-refractivity contribution is 6.04. The number of Topliss-reactive ketones (excluding diaryl/α,β-unsaturated/α-hetero) is 2. The first-order valence-corrected chi connectivity index (χ1v) is 12.0. The van der Waals surface area contributed by atoms with Crippen LogP contribution in [0, 0.1) is 17.3 Å². The van der Waals surface area contributed by atoms with E-state index in [9.17, 15) is 14.4 Å². The summed E-state index contributed by atoms with van der Waals surface area (Å²) in [5, 5.41) is 5.04. The minimum Gasteiger partial charge on any atom is -0.328 e. The number of pyridine rings is 1. The van der Waals surface area contributed by atoms with E-state index in [2.05, 4.69) is 23.9 Å². The van der Waals surface area contributed by atoms with Crippen LogP contribution in [0.3, 0.4) is 0 Å². The Labute approximate surface area is 188 Å². The molecule has 1 saturated heterocycles. The average molecular weight is 437 g/mol. The quantitative estimate of drug-likeness (QED) is 0.558. The average Bonchev–Trinajstić information content (AvgIpc) is 3.64. The first-order chi connectivity index (χ1) is 15.4. The molecule has 7 heteroatoms. The Kier molecular flexibility index (Phi) is 5.18. The fourth-order valence-electron chi connectivity index (χ4n) is 6.13. The summed E-state index contributed by atoms with van der Waals surface area (Å²) in [6.45, 7) is 5.98. The molecule has 4 atom stereocenters. The van der Waals surface area contributed by atoms with E-state index in [1.165, 1.54) is 30.9 Å². The topological polar surface area (TPSA) is 85.2 Å². The fraction of sp³-hybridized carbons (Fsp3) is 0.640. The van der Waals surface area contributed by atoms with E-state index < -0.39 is 0 Å². The molecule has 2 aromatic heterocycles. The zero-order chi connectivity index (χ0) is 22.6. The second kappa shape index (κ2) is 7.78. The molecule has 2 saturated carbocycles. The van der Waals surface area contributed by atoms with Gasteiger partial charge < -0.3 is 4.90 Å². The number of aromatic nitrogens is 3. The molecule has 1 unspecified atom stereocenters. The van der Waals surface area contributed by atoms with Gasteiger partial charge in [0, 0.05) is 25.6 Å². The zero-order valence-corrected chi connectivity index (χ0v) is 19.2. The van der Waals surface area contributed by atoms with Crippen LogP contribution in [0.2, 0.25) is 0 Å². The summed E-state index contributed by atoms with van der Waals surface area (Å²) in [5.74, 6) is 1.08. The van der Waals surface area contributed by atoms with E-state index in [0.29, 0.717) is 40.4 Å². The van der Waals surface area contributed by atoms with Crippen LogP contribution in [-0.2, 0) is 16.1 Å². The van der Waals surface area contributed by atoms with Gasteiger partial charge in [0.1, 0.15) is 12.2 Å². The molecule has 1 aliphatic heterocycles. The number of carbonyl (C=O) groups excluding carboxylic acids is 3. The second-order valence-corrected chi connectivity index (χ2v) is 10.0. The number of hydrogen-bond donors (Lipinski definition) is 0. The van der Waals surface area contributed by atoms with E-state index in [4.69, 9.17) is 0 Å². The Hall–Kier alpha value is -2.57. The van der Waals surface area contributed by atoms with E-state index >= 15 is 0 Å². The Morgan fingerprint density at radius 2 is 1.97 bits per heavy atom.